The van der Waals surface area contributed by atoms with E-state index in [0.29, 0.717) is 43.2 Å². The van der Waals surface area contributed by atoms with Gasteiger partial charge in [-0.15, -0.1) is 0 Å². The summed E-state index contributed by atoms with van der Waals surface area (Å²) in [6, 6.07) is 3.14. The van der Waals surface area contributed by atoms with Crippen molar-refractivity contribution in [3.05, 3.63) is 40.5 Å². The highest BCUT2D eigenvalue weighted by Gasteiger charge is 2.32. The Kier molecular flexibility index (Phi) is 6.64. The van der Waals surface area contributed by atoms with Gasteiger partial charge in [0.05, 0.1) is 6.61 Å². The minimum Gasteiger partial charge on any atom is -0.490 e. The predicted molar refractivity (Wildman–Crippen MR) is 99.5 cm³/mol. The average molecular weight is 409 g/mol. The molecule has 1 aromatic rings. The van der Waals surface area contributed by atoms with Crippen molar-refractivity contribution in [2.24, 2.45) is 0 Å². The fraction of sp³-hybridized carbons (Fsp3) is 0.333. The SMILES string of the molecule is C=CCOc1cc(Br)c(/C=C2/NC(=O)N(CCC)C2=O)cc1OCC. The zero-order valence-electron chi connectivity index (χ0n) is 14.3. The number of imide groups is 1. The van der Waals surface area contributed by atoms with Crippen molar-refractivity contribution in [3.63, 3.8) is 0 Å². The molecule has 6 nitrogen and oxygen atoms in total. The summed E-state index contributed by atoms with van der Waals surface area (Å²) in [7, 11) is 0. The second-order valence-electron chi connectivity index (χ2n) is 5.30. The van der Waals surface area contributed by atoms with Gasteiger partial charge in [-0.2, -0.15) is 0 Å². The lowest BCUT2D eigenvalue weighted by Crippen LogP contribution is -2.31. The Hall–Kier alpha value is -2.28. The van der Waals surface area contributed by atoms with Crippen LogP contribution in [0.1, 0.15) is 25.8 Å². The van der Waals surface area contributed by atoms with Crippen LogP contribution >= 0.6 is 15.9 Å². The highest BCUT2D eigenvalue weighted by atomic mass is 79.9. The minimum atomic E-state index is -0.398. The fourth-order valence-corrected chi connectivity index (χ4v) is 2.78. The van der Waals surface area contributed by atoms with Crippen LogP contribution in [0.5, 0.6) is 11.5 Å². The van der Waals surface area contributed by atoms with Crippen LogP contribution in [0.2, 0.25) is 0 Å². The molecule has 7 heteroatoms. The van der Waals surface area contributed by atoms with E-state index in [9.17, 15) is 9.59 Å². The predicted octanol–water partition coefficient (Wildman–Crippen LogP) is 3.72. The molecule has 0 unspecified atom stereocenters. The quantitative estimate of drug-likeness (QED) is 0.404. The molecular formula is C18H21BrN2O4. The number of ether oxygens (including phenoxy) is 2. The van der Waals surface area contributed by atoms with E-state index in [1.54, 1.807) is 24.3 Å². The van der Waals surface area contributed by atoms with Crippen molar-refractivity contribution in [2.45, 2.75) is 20.3 Å². The maximum absolute atomic E-state index is 12.3. The normalized spacial score (nSPS) is 15.5. The number of urea groups is 1. The van der Waals surface area contributed by atoms with Crippen LogP contribution in [0.3, 0.4) is 0 Å². The third-order valence-electron chi connectivity index (χ3n) is 3.43. The fourth-order valence-electron chi connectivity index (χ4n) is 2.35. The van der Waals surface area contributed by atoms with Gasteiger partial charge < -0.3 is 14.8 Å². The second-order valence-corrected chi connectivity index (χ2v) is 6.15. The Bertz CT molecular complexity index is 715. The second kappa shape index (κ2) is 8.71. The van der Waals surface area contributed by atoms with Gasteiger partial charge in [0, 0.05) is 11.0 Å². The zero-order valence-corrected chi connectivity index (χ0v) is 15.9. The van der Waals surface area contributed by atoms with E-state index in [1.165, 1.54) is 4.90 Å². The number of carbonyl (C=O) groups is 2. The van der Waals surface area contributed by atoms with Crippen molar-refractivity contribution >= 4 is 33.9 Å². The maximum Gasteiger partial charge on any atom is 0.329 e. The van der Waals surface area contributed by atoms with E-state index in [1.807, 2.05) is 13.8 Å². The molecule has 134 valence electrons. The lowest BCUT2D eigenvalue weighted by Gasteiger charge is -2.13. The Balaban J connectivity index is 2.35. The standard InChI is InChI=1S/C18H21BrN2O4/c1-4-7-21-17(22)14(20-18(21)23)9-12-10-15(24-6-3)16(11-13(12)19)25-8-5-2/h5,9-11H,2,4,6-8H2,1,3H3,(H,20,23)/b14-9+. The summed E-state index contributed by atoms with van der Waals surface area (Å²) in [6.45, 7) is 8.64. The monoisotopic (exact) mass is 408 g/mol. The van der Waals surface area contributed by atoms with Gasteiger partial charge in [-0.1, -0.05) is 35.5 Å². The van der Waals surface area contributed by atoms with Gasteiger partial charge >= 0.3 is 6.03 Å². The Morgan fingerprint density at radius 3 is 2.60 bits per heavy atom. The van der Waals surface area contributed by atoms with E-state index in [4.69, 9.17) is 9.47 Å². The van der Waals surface area contributed by atoms with Gasteiger partial charge in [-0.05, 0) is 37.1 Å². The third-order valence-corrected chi connectivity index (χ3v) is 4.12. The first-order valence-corrected chi connectivity index (χ1v) is 8.85. The lowest BCUT2D eigenvalue weighted by atomic mass is 10.1. The molecule has 0 bridgehead atoms. The van der Waals surface area contributed by atoms with E-state index in [0.717, 1.165) is 4.47 Å². The number of rotatable bonds is 8. The number of nitrogens with one attached hydrogen (secondary N) is 1. The molecule has 1 aliphatic rings. The van der Waals surface area contributed by atoms with Crippen LogP contribution in [0.15, 0.2) is 35.0 Å². The molecule has 0 aliphatic carbocycles. The smallest absolute Gasteiger partial charge is 0.329 e. The third kappa shape index (κ3) is 4.42. The molecule has 0 aromatic heterocycles. The van der Waals surface area contributed by atoms with Crippen molar-refractivity contribution in [2.75, 3.05) is 19.8 Å². The van der Waals surface area contributed by atoms with Crippen molar-refractivity contribution in [1.82, 2.24) is 10.2 Å². The molecule has 1 saturated heterocycles. The first kappa shape index (κ1) is 19.1. The molecule has 0 saturated carbocycles. The van der Waals surface area contributed by atoms with E-state index in [2.05, 4.69) is 27.8 Å². The van der Waals surface area contributed by atoms with Crippen molar-refractivity contribution < 1.29 is 19.1 Å². The Morgan fingerprint density at radius 1 is 1.24 bits per heavy atom. The summed E-state index contributed by atoms with van der Waals surface area (Å²) in [5.74, 6) is 0.801. The average Bonchev–Trinajstić information content (AvgIpc) is 2.84. The topological polar surface area (TPSA) is 67.9 Å². The molecule has 1 N–H and O–H groups in total. The number of hydrogen-bond acceptors (Lipinski definition) is 4. The molecule has 1 heterocycles. The number of halogens is 1. The number of amides is 3. The van der Waals surface area contributed by atoms with Crippen molar-refractivity contribution in [3.8, 4) is 11.5 Å². The minimum absolute atomic E-state index is 0.237. The van der Waals surface area contributed by atoms with Gasteiger partial charge in [0.15, 0.2) is 11.5 Å². The highest BCUT2D eigenvalue weighted by Crippen LogP contribution is 2.35. The van der Waals surface area contributed by atoms with Gasteiger partial charge in [-0.3, -0.25) is 9.69 Å². The molecule has 25 heavy (non-hydrogen) atoms. The summed E-state index contributed by atoms with van der Waals surface area (Å²) in [4.78, 5) is 25.4. The van der Waals surface area contributed by atoms with E-state index in [-0.39, 0.29) is 11.6 Å². The molecule has 1 fully saturated rings. The first-order chi connectivity index (χ1) is 12.0. The van der Waals surface area contributed by atoms with Gasteiger partial charge in [0.2, 0.25) is 0 Å². The van der Waals surface area contributed by atoms with Crippen LogP contribution < -0.4 is 14.8 Å². The number of hydrogen-bond donors (Lipinski definition) is 1. The van der Waals surface area contributed by atoms with Crippen molar-refractivity contribution in [1.29, 1.82) is 0 Å². The Morgan fingerprint density at radius 2 is 1.96 bits per heavy atom. The first-order valence-electron chi connectivity index (χ1n) is 8.06. The van der Waals surface area contributed by atoms with Gasteiger partial charge in [-0.25, -0.2) is 4.79 Å². The summed E-state index contributed by atoms with van der Waals surface area (Å²) < 4.78 is 11.9. The summed E-state index contributed by atoms with van der Waals surface area (Å²) in [5.41, 5.74) is 0.942. The summed E-state index contributed by atoms with van der Waals surface area (Å²) >= 11 is 3.47. The molecule has 0 radical (unpaired) electrons. The van der Waals surface area contributed by atoms with Crippen LogP contribution in [-0.4, -0.2) is 36.6 Å². The molecular weight excluding hydrogens is 388 g/mol. The summed E-state index contributed by atoms with van der Waals surface area (Å²) in [5, 5.41) is 2.61. The molecule has 0 atom stereocenters. The Labute approximate surface area is 155 Å². The van der Waals surface area contributed by atoms with Crippen LogP contribution in [0.4, 0.5) is 4.79 Å². The molecule has 3 amide bonds. The zero-order chi connectivity index (χ0) is 18.4. The molecule has 1 aromatic carbocycles. The molecule has 0 spiro atoms. The van der Waals surface area contributed by atoms with E-state index < -0.39 is 6.03 Å². The maximum atomic E-state index is 12.3. The van der Waals surface area contributed by atoms with Crippen LogP contribution in [0, 0.1) is 0 Å². The molecule has 1 aliphatic heterocycles. The number of nitrogens with zero attached hydrogens (tertiary/aromatic N) is 1. The summed E-state index contributed by atoms with van der Waals surface area (Å²) in [6.07, 6.45) is 3.98. The molecule has 2 rings (SSSR count). The lowest BCUT2D eigenvalue weighted by molar-refractivity contribution is -0.122. The number of carbonyl (C=O) groups excluding carboxylic acids is 2. The van der Waals surface area contributed by atoms with E-state index >= 15 is 0 Å². The van der Waals surface area contributed by atoms with Gasteiger partial charge in [0.1, 0.15) is 12.3 Å². The highest BCUT2D eigenvalue weighted by molar-refractivity contribution is 9.10. The van der Waals surface area contributed by atoms with Crippen LogP contribution in [-0.2, 0) is 4.79 Å². The largest absolute Gasteiger partial charge is 0.490 e. The number of benzene rings is 1. The van der Waals surface area contributed by atoms with Crippen LogP contribution in [0.25, 0.3) is 6.08 Å². The van der Waals surface area contributed by atoms with Gasteiger partial charge in [0.25, 0.3) is 5.91 Å².